The average molecular weight is 346 g/mol. The van der Waals surface area contributed by atoms with Crippen LogP contribution in [0.15, 0.2) is 36.5 Å². The fourth-order valence-electron chi connectivity index (χ4n) is 1.49. The first-order valence-electron chi connectivity index (χ1n) is 6.00. The number of pyridine rings is 1. The van der Waals surface area contributed by atoms with E-state index in [1.165, 1.54) is 6.20 Å². The second-order valence-corrected chi connectivity index (χ2v) is 5.44. The van der Waals surface area contributed by atoms with E-state index >= 15 is 0 Å². The van der Waals surface area contributed by atoms with Gasteiger partial charge >= 0.3 is 0 Å². The molecule has 0 aliphatic rings. The number of benzene rings is 1. The van der Waals surface area contributed by atoms with E-state index in [0.29, 0.717) is 26.6 Å². The van der Waals surface area contributed by atoms with Crippen molar-refractivity contribution < 1.29 is 9.53 Å². The molecule has 1 aromatic heterocycles. The summed E-state index contributed by atoms with van der Waals surface area (Å²) in [5.74, 6) is 0.515. The maximum atomic E-state index is 12.0. The minimum Gasteiger partial charge on any atom is -0.481 e. The van der Waals surface area contributed by atoms with Crippen molar-refractivity contribution in [2.45, 2.75) is 13.0 Å². The van der Waals surface area contributed by atoms with Crippen LogP contribution in [0.4, 0.5) is 5.82 Å². The van der Waals surface area contributed by atoms with Gasteiger partial charge in [-0.3, -0.25) is 4.79 Å². The zero-order chi connectivity index (χ0) is 15.4. The number of nitrogens with one attached hydrogen (secondary N) is 1. The second-order valence-electron chi connectivity index (χ2n) is 4.19. The molecule has 1 N–H and O–H groups in total. The highest BCUT2D eigenvalue weighted by atomic mass is 35.5. The second kappa shape index (κ2) is 6.98. The van der Waals surface area contributed by atoms with Crippen molar-refractivity contribution in [3.8, 4) is 5.75 Å². The van der Waals surface area contributed by atoms with Crippen molar-refractivity contribution in [2.75, 3.05) is 5.32 Å². The number of halogens is 3. The number of carbonyl (C=O) groups excluding carboxylic acids is 1. The summed E-state index contributed by atoms with van der Waals surface area (Å²) in [5.41, 5.74) is 0. The summed E-state index contributed by atoms with van der Waals surface area (Å²) in [7, 11) is 0. The molecule has 1 heterocycles. The molecule has 110 valence electrons. The van der Waals surface area contributed by atoms with Gasteiger partial charge in [-0.2, -0.15) is 0 Å². The minimum absolute atomic E-state index is 0.337. The Morgan fingerprint density at radius 1 is 1.19 bits per heavy atom. The molecule has 0 saturated carbocycles. The number of ether oxygens (including phenoxy) is 1. The Bertz CT molecular complexity index is 647. The summed E-state index contributed by atoms with van der Waals surface area (Å²) in [4.78, 5) is 16.0. The average Bonchev–Trinajstić information content (AvgIpc) is 2.45. The van der Waals surface area contributed by atoms with Crippen LogP contribution in [0.2, 0.25) is 15.1 Å². The van der Waals surface area contributed by atoms with Crippen molar-refractivity contribution in [1.29, 1.82) is 0 Å². The van der Waals surface area contributed by atoms with Crippen LogP contribution < -0.4 is 10.1 Å². The number of anilines is 1. The van der Waals surface area contributed by atoms with Crippen LogP contribution in [0.1, 0.15) is 6.92 Å². The van der Waals surface area contributed by atoms with E-state index in [0.717, 1.165) is 0 Å². The summed E-state index contributed by atoms with van der Waals surface area (Å²) in [6.45, 7) is 1.62. The molecule has 0 fully saturated rings. The first-order valence-corrected chi connectivity index (χ1v) is 7.13. The number of hydrogen-bond acceptors (Lipinski definition) is 3. The molecule has 0 radical (unpaired) electrons. The predicted molar refractivity (Wildman–Crippen MR) is 84.4 cm³/mol. The molecule has 1 amide bonds. The molecular weight excluding hydrogens is 335 g/mol. The predicted octanol–water partition coefficient (Wildman–Crippen LogP) is 4.45. The molecule has 4 nitrogen and oxygen atoms in total. The van der Waals surface area contributed by atoms with Gasteiger partial charge in [0.1, 0.15) is 11.6 Å². The Balaban J connectivity index is 1.98. The van der Waals surface area contributed by atoms with Crippen LogP contribution >= 0.6 is 34.8 Å². The molecule has 7 heteroatoms. The quantitative estimate of drug-likeness (QED) is 0.890. The standard InChI is InChI=1S/C14H11Cl3N2O2/c1-8(21-10-3-4-11(16)12(17)6-10)14(20)19-13-5-2-9(15)7-18-13/h2-8H,1H3,(H,18,19,20)/t8-/m0/s1. The molecule has 1 atom stereocenters. The summed E-state index contributed by atoms with van der Waals surface area (Å²) in [6.07, 6.45) is 0.724. The molecule has 2 aromatic rings. The Hall–Kier alpha value is -1.49. The maximum absolute atomic E-state index is 12.0. The van der Waals surface area contributed by atoms with Gasteiger partial charge in [-0.25, -0.2) is 4.98 Å². The van der Waals surface area contributed by atoms with Crippen molar-refractivity contribution in [3.63, 3.8) is 0 Å². The van der Waals surface area contributed by atoms with Crippen molar-refractivity contribution in [1.82, 2.24) is 4.98 Å². The molecule has 21 heavy (non-hydrogen) atoms. The van der Waals surface area contributed by atoms with E-state index in [1.807, 2.05) is 0 Å². The minimum atomic E-state index is -0.722. The van der Waals surface area contributed by atoms with E-state index < -0.39 is 6.10 Å². The Labute approximate surface area is 137 Å². The van der Waals surface area contributed by atoms with E-state index in [-0.39, 0.29) is 5.91 Å². The van der Waals surface area contributed by atoms with Gasteiger partial charge in [0.05, 0.1) is 15.1 Å². The third kappa shape index (κ3) is 4.49. The molecule has 0 spiro atoms. The lowest BCUT2D eigenvalue weighted by Crippen LogP contribution is -2.30. The van der Waals surface area contributed by atoms with Crippen LogP contribution in [-0.4, -0.2) is 17.0 Å². The molecule has 0 unspecified atom stereocenters. The molecule has 0 aliphatic heterocycles. The van der Waals surface area contributed by atoms with Gasteiger partial charge in [0, 0.05) is 12.3 Å². The molecule has 0 saturated heterocycles. The highest BCUT2D eigenvalue weighted by molar-refractivity contribution is 6.42. The number of rotatable bonds is 4. The van der Waals surface area contributed by atoms with Gasteiger partial charge < -0.3 is 10.1 Å². The van der Waals surface area contributed by atoms with Crippen LogP contribution in [-0.2, 0) is 4.79 Å². The number of nitrogens with zero attached hydrogens (tertiary/aromatic N) is 1. The lowest BCUT2D eigenvalue weighted by molar-refractivity contribution is -0.122. The fraction of sp³-hybridized carbons (Fsp3) is 0.143. The van der Waals surface area contributed by atoms with E-state index in [9.17, 15) is 4.79 Å². The first-order chi connectivity index (χ1) is 9.95. The van der Waals surface area contributed by atoms with Crippen LogP contribution in [0.25, 0.3) is 0 Å². The maximum Gasteiger partial charge on any atom is 0.266 e. The zero-order valence-corrected chi connectivity index (χ0v) is 13.2. The smallest absolute Gasteiger partial charge is 0.266 e. The Kier molecular flexibility index (Phi) is 5.28. The Morgan fingerprint density at radius 3 is 2.57 bits per heavy atom. The molecule has 0 bridgehead atoms. The van der Waals surface area contributed by atoms with Crippen molar-refractivity contribution >= 4 is 46.5 Å². The Morgan fingerprint density at radius 2 is 1.95 bits per heavy atom. The first kappa shape index (κ1) is 15.9. The van der Waals surface area contributed by atoms with Gasteiger partial charge in [0.2, 0.25) is 0 Å². The SMILES string of the molecule is C[C@H](Oc1ccc(Cl)c(Cl)c1)C(=O)Nc1ccc(Cl)cn1. The normalized spacial score (nSPS) is 11.8. The monoisotopic (exact) mass is 344 g/mol. The topological polar surface area (TPSA) is 51.2 Å². The number of amides is 1. The molecule has 2 rings (SSSR count). The lowest BCUT2D eigenvalue weighted by Gasteiger charge is -2.14. The number of hydrogen-bond donors (Lipinski definition) is 1. The molecule has 1 aromatic carbocycles. The highest BCUT2D eigenvalue weighted by Crippen LogP contribution is 2.26. The van der Waals surface area contributed by atoms with Crippen molar-refractivity contribution in [3.05, 3.63) is 51.6 Å². The van der Waals surface area contributed by atoms with E-state index in [4.69, 9.17) is 39.5 Å². The highest BCUT2D eigenvalue weighted by Gasteiger charge is 2.15. The molecule has 0 aliphatic carbocycles. The van der Waals surface area contributed by atoms with Gasteiger partial charge in [-0.05, 0) is 31.2 Å². The lowest BCUT2D eigenvalue weighted by atomic mass is 10.3. The summed E-state index contributed by atoms with van der Waals surface area (Å²) >= 11 is 17.4. The van der Waals surface area contributed by atoms with Crippen LogP contribution in [0.3, 0.4) is 0 Å². The third-order valence-electron chi connectivity index (χ3n) is 2.55. The van der Waals surface area contributed by atoms with E-state index in [2.05, 4.69) is 10.3 Å². The van der Waals surface area contributed by atoms with Gasteiger partial charge in [0.15, 0.2) is 6.10 Å². The van der Waals surface area contributed by atoms with Gasteiger partial charge in [-0.1, -0.05) is 34.8 Å². The zero-order valence-electron chi connectivity index (χ0n) is 10.9. The van der Waals surface area contributed by atoms with Crippen LogP contribution in [0.5, 0.6) is 5.75 Å². The summed E-state index contributed by atoms with van der Waals surface area (Å²) < 4.78 is 5.50. The summed E-state index contributed by atoms with van der Waals surface area (Å²) in [5, 5.41) is 3.90. The molecular formula is C14H11Cl3N2O2. The number of aromatic nitrogens is 1. The fourth-order valence-corrected chi connectivity index (χ4v) is 1.89. The third-order valence-corrected chi connectivity index (χ3v) is 3.51. The van der Waals surface area contributed by atoms with Gasteiger partial charge in [0.25, 0.3) is 5.91 Å². The van der Waals surface area contributed by atoms with Crippen LogP contribution in [0, 0.1) is 0 Å². The summed E-state index contributed by atoms with van der Waals surface area (Å²) in [6, 6.07) is 8.03. The number of carbonyl (C=O) groups is 1. The van der Waals surface area contributed by atoms with Crippen molar-refractivity contribution in [2.24, 2.45) is 0 Å². The van der Waals surface area contributed by atoms with Gasteiger partial charge in [-0.15, -0.1) is 0 Å². The van der Waals surface area contributed by atoms with E-state index in [1.54, 1.807) is 37.3 Å². The largest absolute Gasteiger partial charge is 0.481 e.